The molecule has 0 bridgehead atoms. The van der Waals surface area contributed by atoms with Crippen molar-refractivity contribution in [3.8, 4) is 0 Å². The molecule has 114 valence electrons. The SMILES string of the molecule is CCC(C)NC(N)=NCC(C)(C)c1ccccc1Br.I. The molecule has 0 amide bonds. The summed E-state index contributed by atoms with van der Waals surface area (Å²) in [7, 11) is 0. The third-order valence-corrected chi connectivity index (χ3v) is 3.95. The molecule has 0 fully saturated rings. The van der Waals surface area contributed by atoms with Crippen LogP contribution >= 0.6 is 39.9 Å². The van der Waals surface area contributed by atoms with Gasteiger partial charge in [-0.25, -0.2) is 0 Å². The lowest BCUT2D eigenvalue weighted by Crippen LogP contribution is -2.39. The van der Waals surface area contributed by atoms with Crippen LogP contribution in [-0.4, -0.2) is 18.5 Å². The predicted octanol–water partition coefficient (Wildman–Crippen LogP) is 4.05. The highest BCUT2D eigenvalue weighted by Gasteiger charge is 2.22. The van der Waals surface area contributed by atoms with Gasteiger partial charge in [0.2, 0.25) is 0 Å². The van der Waals surface area contributed by atoms with Crippen molar-refractivity contribution in [1.82, 2.24) is 5.32 Å². The van der Waals surface area contributed by atoms with Crippen LogP contribution in [0.4, 0.5) is 0 Å². The Bertz CT molecular complexity index is 446. The lowest BCUT2D eigenvalue weighted by Gasteiger charge is -2.25. The van der Waals surface area contributed by atoms with Crippen LogP contribution in [0.25, 0.3) is 0 Å². The van der Waals surface area contributed by atoms with Gasteiger partial charge in [-0.15, -0.1) is 24.0 Å². The number of nitrogens with zero attached hydrogens (tertiary/aromatic N) is 1. The van der Waals surface area contributed by atoms with Gasteiger partial charge >= 0.3 is 0 Å². The third kappa shape index (κ3) is 5.99. The van der Waals surface area contributed by atoms with Gasteiger partial charge in [0.1, 0.15) is 0 Å². The highest BCUT2D eigenvalue weighted by molar-refractivity contribution is 14.0. The topological polar surface area (TPSA) is 50.4 Å². The molecule has 1 aromatic rings. The van der Waals surface area contributed by atoms with Gasteiger partial charge in [0.25, 0.3) is 0 Å². The van der Waals surface area contributed by atoms with Crippen LogP contribution in [0.1, 0.15) is 39.7 Å². The fraction of sp³-hybridized carbons (Fsp3) is 0.533. The number of benzene rings is 1. The number of hydrogen-bond donors (Lipinski definition) is 2. The minimum absolute atomic E-state index is 0. The van der Waals surface area contributed by atoms with E-state index in [0.29, 0.717) is 18.5 Å². The number of nitrogens with two attached hydrogens (primary N) is 1. The molecule has 1 rings (SSSR count). The molecule has 0 saturated heterocycles. The van der Waals surface area contributed by atoms with E-state index >= 15 is 0 Å². The van der Waals surface area contributed by atoms with Gasteiger partial charge < -0.3 is 11.1 Å². The van der Waals surface area contributed by atoms with Crippen LogP contribution in [0.3, 0.4) is 0 Å². The van der Waals surface area contributed by atoms with Crippen LogP contribution in [0, 0.1) is 0 Å². The first-order valence-corrected chi connectivity index (χ1v) is 7.47. The standard InChI is InChI=1S/C15H24BrN3.HI/c1-5-11(2)19-14(17)18-10-15(3,4)12-8-6-7-9-13(12)16;/h6-9,11H,5,10H2,1-4H3,(H3,17,18,19);1H. The van der Waals surface area contributed by atoms with Crippen LogP contribution in [0.5, 0.6) is 0 Å². The van der Waals surface area contributed by atoms with E-state index in [1.165, 1.54) is 5.56 Å². The number of nitrogens with one attached hydrogen (secondary N) is 1. The van der Waals surface area contributed by atoms with Crippen LogP contribution in [0.15, 0.2) is 33.7 Å². The first-order chi connectivity index (χ1) is 8.86. The predicted molar refractivity (Wildman–Crippen MR) is 102 cm³/mol. The minimum atomic E-state index is -0.0537. The molecule has 0 aliphatic carbocycles. The summed E-state index contributed by atoms with van der Waals surface area (Å²) in [5.41, 5.74) is 7.09. The van der Waals surface area contributed by atoms with E-state index in [4.69, 9.17) is 5.73 Å². The smallest absolute Gasteiger partial charge is 0.188 e. The summed E-state index contributed by atoms with van der Waals surface area (Å²) in [5, 5.41) is 3.18. The Morgan fingerprint density at radius 1 is 1.40 bits per heavy atom. The van der Waals surface area contributed by atoms with Crippen molar-refractivity contribution in [2.75, 3.05) is 6.54 Å². The number of halogens is 2. The second-order valence-corrected chi connectivity index (χ2v) is 6.37. The van der Waals surface area contributed by atoms with Crippen molar-refractivity contribution in [2.24, 2.45) is 10.7 Å². The van der Waals surface area contributed by atoms with E-state index in [1.807, 2.05) is 12.1 Å². The summed E-state index contributed by atoms with van der Waals surface area (Å²) in [5.74, 6) is 0.523. The van der Waals surface area contributed by atoms with Gasteiger partial charge in [0.05, 0.1) is 6.54 Å². The Morgan fingerprint density at radius 2 is 2.00 bits per heavy atom. The van der Waals surface area contributed by atoms with Crippen molar-refractivity contribution in [3.05, 3.63) is 34.3 Å². The van der Waals surface area contributed by atoms with Crippen LogP contribution < -0.4 is 11.1 Å². The molecule has 0 radical (unpaired) electrons. The molecular formula is C15H25BrIN3. The monoisotopic (exact) mass is 453 g/mol. The summed E-state index contributed by atoms with van der Waals surface area (Å²) in [6.45, 7) is 9.22. The molecule has 0 aliphatic heterocycles. The summed E-state index contributed by atoms with van der Waals surface area (Å²) >= 11 is 3.60. The molecule has 0 aromatic heterocycles. The number of aliphatic imine (C=N–C) groups is 1. The average Bonchev–Trinajstić information content (AvgIpc) is 2.36. The zero-order chi connectivity index (χ0) is 14.5. The van der Waals surface area contributed by atoms with Gasteiger partial charge in [0, 0.05) is 15.9 Å². The molecule has 0 aliphatic rings. The lowest BCUT2D eigenvalue weighted by molar-refractivity contribution is 0.534. The molecule has 5 heteroatoms. The first kappa shape index (κ1) is 19.7. The van der Waals surface area contributed by atoms with E-state index in [9.17, 15) is 0 Å². The average molecular weight is 454 g/mol. The first-order valence-electron chi connectivity index (χ1n) is 6.68. The van der Waals surface area contributed by atoms with E-state index in [2.05, 4.69) is 66.1 Å². The maximum absolute atomic E-state index is 5.90. The Labute approximate surface area is 148 Å². The van der Waals surface area contributed by atoms with E-state index in [-0.39, 0.29) is 29.4 Å². The van der Waals surface area contributed by atoms with Gasteiger partial charge in [-0.3, -0.25) is 4.99 Å². The molecule has 0 heterocycles. The van der Waals surface area contributed by atoms with Crippen molar-refractivity contribution in [3.63, 3.8) is 0 Å². The van der Waals surface area contributed by atoms with Crippen molar-refractivity contribution < 1.29 is 0 Å². The third-order valence-electron chi connectivity index (χ3n) is 3.25. The quantitative estimate of drug-likeness (QED) is 0.401. The van der Waals surface area contributed by atoms with E-state index < -0.39 is 0 Å². The highest BCUT2D eigenvalue weighted by Crippen LogP contribution is 2.30. The lowest BCUT2D eigenvalue weighted by atomic mass is 9.85. The van der Waals surface area contributed by atoms with Crippen molar-refractivity contribution in [1.29, 1.82) is 0 Å². The molecule has 1 unspecified atom stereocenters. The van der Waals surface area contributed by atoms with Gasteiger partial charge in [-0.2, -0.15) is 0 Å². The van der Waals surface area contributed by atoms with E-state index in [1.54, 1.807) is 0 Å². The minimum Gasteiger partial charge on any atom is -0.370 e. The zero-order valence-electron chi connectivity index (χ0n) is 12.6. The molecule has 0 spiro atoms. The maximum Gasteiger partial charge on any atom is 0.188 e. The van der Waals surface area contributed by atoms with Crippen molar-refractivity contribution >= 4 is 45.9 Å². The molecule has 3 N–H and O–H groups in total. The van der Waals surface area contributed by atoms with Gasteiger partial charge in [-0.1, -0.05) is 54.9 Å². The zero-order valence-corrected chi connectivity index (χ0v) is 16.5. The molecular weight excluding hydrogens is 429 g/mol. The Hall–Kier alpha value is -0.300. The van der Waals surface area contributed by atoms with Crippen molar-refractivity contribution in [2.45, 2.75) is 45.6 Å². The number of hydrogen-bond acceptors (Lipinski definition) is 1. The van der Waals surface area contributed by atoms with Crippen LogP contribution in [0.2, 0.25) is 0 Å². The molecule has 3 nitrogen and oxygen atoms in total. The fourth-order valence-electron chi connectivity index (χ4n) is 1.78. The highest BCUT2D eigenvalue weighted by atomic mass is 127. The fourth-order valence-corrected chi connectivity index (χ4v) is 2.60. The summed E-state index contributed by atoms with van der Waals surface area (Å²) in [6, 6.07) is 8.60. The Morgan fingerprint density at radius 3 is 2.55 bits per heavy atom. The molecule has 1 aromatic carbocycles. The Kier molecular flexibility index (Phi) is 8.74. The molecule has 1 atom stereocenters. The number of guanidine groups is 1. The molecule has 0 saturated carbocycles. The summed E-state index contributed by atoms with van der Waals surface area (Å²) in [6.07, 6.45) is 1.03. The Balaban J connectivity index is 0.00000361. The number of rotatable bonds is 5. The summed E-state index contributed by atoms with van der Waals surface area (Å²) in [4.78, 5) is 4.46. The normalized spacial score (nSPS) is 13.6. The largest absolute Gasteiger partial charge is 0.370 e. The molecule has 20 heavy (non-hydrogen) atoms. The van der Waals surface area contributed by atoms with Gasteiger partial charge in [-0.05, 0) is 25.0 Å². The van der Waals surface area contributed by atoms with Crippen LogP contribution in [-0.2, 0) is 5.41 Å². The second-order valence-electron chi connectivity index (χ2n) is 5.52. The second kappa shape index (κ2) is 8.87. The van der Waals surface area contributed by atoms with Gasteiger partial charge in [0.15, 0.2) is 5.96 Å². The van der Waals surface area contributed by atoms with E-state index in [0.717, 1.165) is 10.9 Å². The maximum atomic E-state index is 5.90. The summed E-state index contributed by atoms with van der Waals surface area (Å²) < 4.78 is 1.11.